The number of benzene rings is 2. The molecule has 1 saturated heterocycles. The summed E-state index contributed by atoms with van der Waals surface area (Å²) in [5, 5.41) is 1.71. The number of rotatable bonds is 8. The zero-order valence-electron chi connectivity index (χ0n) is 18.4. The van der Waals surface area contributed by atoms with Crippen LogP contribution in [0.15, 0.2) is 70.3 Å². The molecule has 1 amide bonds. The van der Waals surface area contributed by atoms with Crippen molar-refractivity contribution in [3.8, 4) is 5.75 Å². The quantitative estimate of drug-likeness (QED) is 0.524. The Kier molecular flexibility index (Phi) is 7.32. The summed E-state index contributed by atoms with van der Waals surface area (Å²) in [6, 6.07) is 18.0. The Morgan fingerprint density at radius 1 is 1.03 bits per heavy atom. The number of hydrogen-bond acceptors (Lipinski definition) is 6. The molecule has 9 heteroatoms. The lowest BCUT2D eigenvalue weighted by Gasteiger charge is -2.34. The first-order valence-corrected chi connectivity index (χ1v) is 13.2. The lowest BCUT2D eigenvalue weighted by molar-refractivity contribution is 0.0628. The fraction of sp³-hybridized carbons (Fsp3) is 0.292. The fourth-order valence-corrected chi connectivity index (χ4v) is 5.79. The van der Waals surface area contributed by atoms with Gasteiger partial charge >= 0.3 is 0 Å². The average molecular weight is 486 g/mol. The van der Waals surface area contributed by atoms with E-state index in [1.165, 1.54) is 5.56 Å². The largest absolute Gasteiger partial charge is 0.494 e. The van der Waals surface area contributed by atoms with Crippen molar-refractivity contribution in [2.75, 3.05) is 37.5 Å². The van der Waals surface area contributed by atoms with Crippen LogP contribution >= 0.6 is 11.3 Å². The molecular weight excluding hydrogens is 458 g/mol. The third kappa shape index (κ3) is 5.93. The highest BCUT2D eigenvalue weighted by atomic mass is 32.2. The Balaban J connectivity index is 1.33. The van der Waals surface area contributed by atoms with Crippen LogP contribution in [0, 0.1) is 0 Å². The van der Waals surface area contributed by atoms with E-state index < -0.39 is 10.0 Å². The maximum Gasteiger partial charge on any atom is 0.271 e. The summed E-state index contributed by atoms with van der Waals surface area (Å²) in [5.41, 5.74) is 2.06. The van der Waals surface area contributed by atoms with Gasteiger partial charge in [0.1, 0.15) is 9.96 Å². The second-order valence-electron chi connectivity index (χ2n) is 7.76. The first-order chi connectivity index (χ1) is 15.9. The molecule has 0 radical (unpaired) electrons. The molecule has 174 valence electrons. The minimum absolute atomic E-state index is 0.0899. The molecule has 0 aliphatic carbocycles. The smallest absolute Gasteiger partial charge is 0.271 e. The Labute approximate surface area is 198 Å². The van der Waals surface area contributed by atoms with Gasteiger partial charge in [-0.2, -0.15) is 0 Å². The van der Waals surface area contributed by atoms with Gasteiger partial charge < -0.3 is 9.64 Å². The number of sulfonamides is 1. The van der Waals surface area contributed by atoms with Crippen molar-refractivity contribution < 1.29 is 17.9 Å². The Morgan fingerprint density at radius 3 is 2.45 bits per heavy atom. The Morgan fingerprint density at radius 2 is 1.79 bits per heavy atom. The summed E-state index contributed by atoms with van der Waals surface area (Å²) >= 11 is 1.15. The van der Waals surface area contributed by atoms with Gasteiger partial charge in [0.15, 0.2) is 0 Å². The van der Waals surface area contributed by atoms with Crippen molar-refractivity contribution in [3.63, 3.8) is 0 Å². The summed E-state index contributed by atoms with van der Waals surface area (Å²) in [7, 11) is -3.65. The van der Waals surface area contributed by atoms with Crippen molar-refractivity contribution in [2.24, 2.45) is 0 Å². The van der Waals surface area contributed by atoms with Gasteiger partial charge in [-0.3, -0.25) is 14.4 Å². The zero-order chi connectivity index (χ0) is 23.3. The predicted molar refractivity (Wildman–Crippen MR) is 130 cm³/mol. The van der Waals surface area contributed by atoms with Crippen molar-refractivity contribution >= 4 is 33.0 Å². The van der Waals surface area contributed by atoms with Crippen LogP contribution < -0.4 is 9.46 Å². The molecule has 0 atom stereocenters. The number of anilines is 1. The van der Waals surface area contributed by atoms with Gasteiger partial charge in [-0.1, -0.05) is 24.3 Å². The van der Waals surface area contributed by atoms with Crippen LogP contribution in [-0.4, -0.2) is 56.9 Å². The number of amides is 1. The second-order valence-corrected chi connectivity index (χ2v) is 10.6. The Bertz CT molecular complexity index is 1170. The van der Waals surface area contributed by atoms with Gasteiger partial charge in [0.2, 0.25) is 0 Å². The van der Waals surface area contributed by atoms with Crippen molar-refractivity contribution in [1.29, 1.82) is 0 Å². The highest BCUT2D eigenvalue weighted by Crippen LogP contribution is 2.22. The molecule has 2 aromatic carbocycles. The first kappa shape index (κ1) is 23.3. The maximum absolute atomic E-state index is 13.0. The van der Waals surface area contributed by atoms with Crippen LogP contribution in [0.2, 0.25) is 0 Å². The maximum atomic E-state index is 13.0. The summed E-state index contributed by atoms with van der Waals surface area (Å²) in [6.07, 6.45) is 0. The molecule has 0 saturated carbocycles. The summed E-state index contributed by atoms with van der Waals surface area (Å²) in [6.45, 7) is 6.26. The standard InChI is InChI=1S/C24H27N3O4S2/c1-2-31-22-10-8-19(9-11-22)18-26-12-14-27(15-13-26)24(28)20-5-3-6-21(17-20)25-33(29,30)23-7-4-16-32-23/h3-11,16-17,25H,2,12-15,18H2,1H3. The molecule has 1 aliphatic heterocycles. The van der Waals surface area contributed by atoms with Crippen LogP contribution in [0.3, 0.4) is 0 Å². The monoisotopic (exact) mass is 485 g/mol. The number of piperazine rings is 1. The topological polar surface area (TPSA) is 79.0 Å². The van der Waals surface area contributed by atoms with E-state index in [4.69, 9.17) is 4.74 Å². The van der Waals surface area contributed by atoms with E-state index in [0.717, 1.165) is 36.7 Å². The minimum atomic E-state index is -3.65. The fourth-order valence-electron chi connectivity index (χ4n) is 3.75. The van der Waals surface area contributed by atoms with Gasteiger partial charge in [0.05, 0.1) is 6.61 Å². The van der Waals surface area contributed by atoms with Crippen LogP contribution in [0.1, 0.15) is 22.8 Å². The molecule has 0 bridgehead atoms. The van der Waals surface area contributed by atoms with E-state index in [9.17, 15) is 13.2 Å². The summed E-state index contributed by atoms with van der Waals surface area (Å²) in [5.74, 6) is 0.782. The van der Waals surface area contributed by atoms with Gasteiger partial charge in [0.25, 0.3) is 15.9 Å². The normalized spacial score (nSPS) is 14.8. The van der Waals surface area contributed by atoms with E-state index in [1.54, 1.807) is 41.8 Å². The Hall–Kier alpha value is -2.88. The summed E-state index contributed by atoms with van der Waals surface area (Å²) in [4.78, 5) is 17.2. The SMILES string of the molecule is CCOc1ccc(CN2CCN(C(=O)c3cccc(NS(=O)(=O)c4cccs4)c3)CC2)cc1. The van der Waals surface area contributed by atoms with Crippen LogP contribution in [0.25, 0.3) is 0 Å². The molecule has 2 heterocycles. The average Bonchev–Trinajstić information content (AvgIpc) is 3.37. The molecule has 0 spiro atoms. The lowest BCUT2D eigenvalue weighted by atomic mass is 10.1. The number of nitrogens with one attached hydrogen (secondary N) is 1. The van der Waals surface area contributed by atoms with Gasteiger partial charge in [0, 0.05) is 44.0 Å². The molecule has 7 nitrogen and oxygen atoms in total. The third-order valence-corrected chi connectivity index (χ3v) is 8.20. The predicted octanol–water partition coefficient (Wildman–Crippen LogP) is 3.91. The van der Waals surface area contributed by atoms with Gasteiger partial charge in [-0.15, -0.1) is 11.3 Å². The molecule has 1 aromatic heterocycles. The van der Waals surface area contributed by atoms with E-state index in [2.05, 4.69) is 21.8 Å². The number of nitrogens with zero attached hydrogens (tertiary/aromatic N) is 2. The van der Waals surface area contributed by atoms with Crippen LogP contribution in [0.5, 0.6) is 5.75 Å². The molecule has 1 fully saturated rings. The number of hydrogen-bond donors (Lipinski definition) is 1. The molecule has 0 unspecified atom stereocenters. The second kappa shape index (κ2) is 10.4. The number of ether oxygens (including phenoxy) is 1. The van der Waals surface area contributed by atoms with Crippen LogP contribution in [0.4, 0.5) is 5.69 Å². The lowest BCUT2D eigenvalue weighted by Crippen LogP contribution is -2.48. The molecule has 1 N–H and O–H groups in total. The third-order valence-electron chi connectivity index (χ3n) is 5.42. The van der Waals surface area contributed by atoms with E-state index in [-0.39, 0.29) is 10.1 Å². The van der Waals surface area contributed by atoms with Crippen LogP contribution in [-0.2, 0) is 16.6 Å². The van der Waals surface area contributed by atoms with Crippen molar-refractivity contribution in [2.45, 2.75) is 17.7 Å². The molecule has 1 aliphatic rings. The van der Waals surface area contributed by atoms with Crippen molar-refractivity contribution in [1.82, 2.24) is 9.80 Å². The molecular formula is C24H27N3O4S2. The highest BCUT2D eigenvalue weighted by Gasteiger charge is 2.23. The zero-order valence-corrected chi connectivity index (χ0v) is 20.1. The van der Waals surface area contributed by atoms with Crippen molar-refractivity contribution in [3.05, 3.63) is 77.2 Å². The molecule has 3 aromatic rings. The van der Waals surface area contributed by atoms with E-state index in [0.29, 0.717) is 30.9 Å². The van der Waals surface area contributed by atoms with E-state index in [1.807, 2.05) is 24.0 Å². The van der Waals surface area contributed by atoms with Gasteiger partial charge in [-0.05, 0) is 54.3 Å². The molecule has 4 rings (SSSR count). The number of carbonyl (C=O) groups excluding carboxylic acids is 1. The van der Waals surface area contributed by atoms with Gasteiger partial charge in [-0.25, -0.2) is 8.42 Å². The molecule has 33 heavy (non-hydrogen) atoms. The van der Waals surface area contributed by atoms with E-state index >= 15 is 0 Å². The first-order valence-electron chi connectivity index (χ1n) is 10.8. The minimum Gasteiger partial charge on any atom is -0.494 e. The summed E-state index contributed by atoms with van der Waals surface area (Å²) < 4.78 is 33.2. The number of carbonyl (C=O) groups is 1. The number of thiophene rings is 1. The highest BCUT2D eigenvalue weighted by molar-refractivity contribution is 7.94.